The molecule has 3 aromatic rings. The molecule has 1 unspecified atom stereocenters. The van der Waals surface area contributed by atoms with E-state index in [0.717, 1.165) is 12.8 Å². The molecule has 6 nitrogen and oxygen atoms in total. The molecule has 2 N–H and O–H groups in total. The number of para-hydroxylation sites is 1. The number of H-pyrrole nitrogens is 1. The summed E-state index contributed by atoms with van der Waals surface area (Å²) in [4.78, 5) is 38.7. The zero-order valence-electron chi connectivity index (χ0n) is 14.2. The quantitative estimate of drug-likeness (QED) is 0.754. The molecule has 1 amide bonds. The fourth-order valence-corrected chi connectivity index (χ4v) is 3.65. The van der Waals surface area contributed by atoms with Crippen molar-refractivity contribution in [2.75, 3.05) is 0 Å². The molecule has 0 fully saturated rings. The van der Waals surface area contributed by atoms with Crippen molar-refractivity contribution in [2.45, 2.75) is 31.8 Å². The van der Waals surface area contributed by atoms with Crippen molar-refractivity contribution >= 4 is 16.8 Å². The number of fused-ring (bicyclic) bond motifs is 2. The summed E-state index contributed by atoms with van der Waals surface area (Å²) in [6.07, 6.45) is 2.03. The lowest BCUT2D eigenvalue weighted by molar-refractivity contribution is -0.122. The van der Waals surface area contributed by atoms with E-state index in [0.29, 0.717) is 10.9 Å². The number of aromatic amines is 1. The molecule has 0 bridgehead atoms. The summed E-state index contributed by atoms with van der Waals surface area (Å²) in [5.74, 6) is -0.103. The van der Waals surface area contributed by atoms with Crippen molar-refractivity contribution in [1.29, 1.82) is 0 Å². The Morgan fingerprint density at radius 1 is 1.12 bits per heavy atom. The van der Waals surface area contributed by atoms with Crippen LogP contribution < -0.4 is 16.6 Å². The fraction of sp³-hybridized carbons (Fsp3) is 0.250. The number of hydrogen-bond acceptors (Lipinski definition) is 3. The van der Waals surface area contributed by atoms with Gasteiger partial charge in [0.1, 0.15) is 0 Å². The first-order chi connectivity index (χ1) is 12.6. The van der Waals surface area contributed by atoms with Gasteiger partial charge in [0, 0.05) is 13.0 Å². The lowest BCUT2D eigenvalue weighted by Crippen LogP contribution is -2.33. The van der Waals surface area contributed by atoms with E-state index in [1.54, 1.807) is 24.3 Å². The van der Waals surface area contributed by atoms with Gasteiger partial charge in [0.2, 0.25) is 5.91 Å². The summed E-state index contributed by atoms with van der Waals surface area (Å²) >= 11 is 0. The molecule has 26 heavy (non-hydrogen) atoms. The number of carbonyl (C=O) groups excluding carboxylic acids is 1. The van der Waals surface area contributed by atoms with Crippen molar-refractivity contribution in [3.05, 3.63) is 80.5 Å². The van der Waals surface area contributed by atoms with Gasteiger partial charge < -0.3 is 5.32 Å². The van der Waals surface area contributed by atoms with Gasteiger partial charge in [-0.25, -0.2) is 4.79 Å². The third-order valence-corrected chi connectivity index (χ3v) is 4.94. The van der Waals surface area contributed by atoms with Crippen molar-refractivity contribution in [3.8, 4) is 0 Å². The molecule has 4 rings (SSSR count). The van der Waals surface area contributed by atoms with Crippen LogP contribution in [-0.4, -0.2) is 15.5 Å². The molecule has 0 saturated carbocycles. The highest BCUT2D eigenvalue weighted by Gasteiger charge is 2.23. The Bertz CT molecular complexity index is 1100. The maximum Gasteiger partial charge on any atom is 0.328 e. The fourth-order valence-electron chi connectivity index (χ4n) is 3.65. The zero-order chi connectivity index (χ0) is 18.1. The topological polar surface area (TPSA) is 84.0 Å². The van der Waals surface area contributed by atoms with Crippen molar-refractivity contribution in [3.63, 3.8) is 0 Å². The van der Waals surface area contributed by atoms with Gasteiger partial charge in [-0.05, 0) is 36.1 Å². The average molecular weight is 349 g/mol. The van der Waals surface area contributed by atoms with Gasteiger partial charge >= 0.3 is 5.69 Å². The molecular formula is C20H19N3O3. The number of aryl methyl sites for hydroxylation is 2. The molecule has 1 aliphatic carbocycles. The minimum absolute atomic E-state index is 0.0303. The standard InChI is InChI=1S/C20H19N3O3/c24-18(21-16-10-9-13-5-1-2-6-14(13)16)11-12-23-17-8-4-3-7-15(17)19(25)22-20(23)26/h1-8,16H,9-12H2,(H,21,24)(H,22,25,26). The number of carbonyl (C=O) groups is 1. The minimum atomic E-state index is -0.493. The third-order valence-electron chi connectivity index (χ3n) is 4.94. The summed E-state index contributed by atoms with van der Waals surface area (Å²) in [6, 6.07) is 15.1. The largest absolute Gasteiger partial charge is 0.349 e. The molecule has 6 heteroatoms. The van der Waals surface area contributed by atoms with Crippen LogP contribution >= 0.6 is 0 Å². The van der Waals surface area contributed by atoms with Crippen molar-refractivity contribution in [2.24, 2.45) is 0 Å². The van der Waals surface area contributed by atoms with Crippen LogP contribution in [0.2, 0.25) is 0 Å². The first-order valence-corrected chi connectivity index (χ1v) is 8.72. The number of nitrogens with zero attached hydrogens (tertiary/aromatic N) is 1. The number of hydrogen-bond donors (Lipinski definition) is 2. The van der Waals surface area contributed by atoms with Crippen LogP contribution in [0.3, 0.4) is 0 Å². The summed E-state index contributed by atoms with van der Waals surface area (Å²) in [5.41, 5.74) is 2.09. The molecule has 0 radical (unpaired) electrons. The van der Waals surface area contributed by atoms with Crippen LogP contribution in [0.4, 0.5) is 0 Å². The van der Waals surface area contributed by atoms with E-state index >= 15 is 0 Å². The maximum atomic E-state index is 12.4. The van der Waals surface area contributed by atoms with E-state index < -0.39 is 11.2 Å². The van der Waals surface area contributed by atoms with Gasteiger partial charge in [-0.3, -0.25) is 19.1 Å². The highest BCUT2D eigenvalue weighted by Crippen LogP contribution is 2.30. The minimum Gasteiger partial charge on any atom is -0.349 e. The van der Waals surface area contributed by atoms with Crippen LogP contribution in [0.25, 0.3) is 10.9 Å². The number of nitrogens with one attached hydrogen (secondary N) is 2. The van der Waals surface area contributed by atoms with E-state index in [1.807, 2.05) is 18.2 Å². The van der Waals surface area contributed by atoms with E-state index in [4.69, 9.17) is 0 Å². The Hall–Kier alpha value is -3.15. The summed E-state index contributed by atoms with van der Waals surface area (Å²) < 4.78 is 1.44. The zero-order valence-corrected chi connectivity index (χ0v) is 14.2. The van der Waals surface area contributed by atoms with Crippen LogP contribution in [0.15, 0.2) is 58.1 Å². The molecule has 2 aromatic carbocycles. The third kappa shape index (κ3) is 2.94. The Balaban J connectivity index is 1.50. The monoisotopic (exact) mass is 349 g/mol. The van der Waals surface area contributed by atoms with E-state index in [1.165, 1.54) is 15.7 Å². The number of rotatable bonds is 4. The second kappa shape index (κ2) is 6.63. The predicted octanol–water partition coefficient (Wildman–Crippen LogP) is 1.88. The lowest BCUT2D eigenvalue weighted by Gasteiger charge is -2.15. The number of amides is 1. The second-order valence-electron chi connectivity index (χ2n) is 6.54. The summed E-state index contributed by atoms with van der Waals surface area (Å²) in [7, 11) is 0. The maximum absolute atomic E-state index is 12.4. The SMILES string of the molecule is O=C(CCn1c(=O)[nH]c(=O)c2ccccc21)NC1CCc2ccccc21. The summed E-state index contributed by atoms with van der Waals surface area (Å²) in [5, 5.41) is 3.50. The predicted molar refractivity (Wildman–Crippen MR) is 99.1 cm³/mol. The first-order valence-electron chi connectivity index (χ1n) is 8.72. The van der Waals surface area contributed by atoms with Gasteiger partial charge in [-0.15, -0.1) is 0 Å². The number of benzene rings is 2. The average Bonchev–Trinajstić information content (AvgIpc) is 3.04. The van der Waals surface area contributed by atoms with Crippen LogP contribution in [0.5, 0.6) is 0 Å². The van der Waals surface area contributed by atoms with E-state index in [9.17, 15) is 14.4 Å². The normalized spacial score (nSPS) is 15.8. The molecule has 0 spiro atoms. The Morgan fingerprint density at radius 3 is 2.77 bits per heavy atom. The van der Waals surface area contributed by atoms with Gasteiger partial charge in [0.15, 0.2) is 0 Å². The Morgan fingerprint density at radius 2 is 1.88 bits per heavy atom. The van der Waals surface area contributed by atoms with E-state index in [-0.39, 0.29) is 24.9 Å². The van der Waals surface area contributed by atoms with E-state index in [2.05, 4.69) is 16.4 Å². The van der Waals surface area contributed by atoms with Crippen LogP contribution in [-0.2, 0) is 17.8 Å². The van der Waals surface area contributed by atoms with Crippen LogP contribution in [0, 0.1) is 0 Å². The van der Waals surface area contributed by atoms with Crippen molar-refractivity contribution < 1.29 is 4.79 Å². The molecule has 1 aromatic heterocycles. The van der Waals surface area contributed by atoms with Gasteiger partial charge in [0.05, 0.1) is 16.9 Å². The summed E-state index contributed by atoms with van der Waals surface area (Å²) in [6.45, 7) is 0.219. The molecule has 1 atom stereocenters. The highest BCUT2D eigenvalue weighted by molar-refractivity contribution is 5.79. The molecule has 1 heterocycles. The Kier molecular flexibility index (Phi) is 4.16. The second-order valence-corrected chi connectivity index (χ2v) is 6.54. The molecule has 132 valence electrons. The van der Waals surface area contributed by atoms with Crippen molar-refractivity contribution in [1.82, 2.24) is 14.9 Å². The van der Waals surface area contributed by atoms with Crippen LogP contribution in [0.1, 0.15) is 30.0 Å². The Labute approximate surface area is 149 Å². The van der Waals surface area contributed by atoms with Gasteiger partial charge in [-0.2, -0.15) is 0 Å². The first kappa shape index (κ1) is 16.3. The molecule has 1 aliphatic rings. The molecular weight excluding hydrogens is 330 g/mol. The lowest BCUT2D eigenvalue weighted by atomic mass is 10.1. The smallest absolute Gasteiger partial charge is 0.328 e. The van der Waals surface area contributed by atoms with Gasteiger partial charge in [-0.1, -0.05) is 36.4 Å². The number of aromatic nitrogens is 2. The molecule has 0 saturated heterocycles. The highest BCUT2D eigenvalue weighted by atomic mass is 16.2. The van der Waals surface area contributed by atoms with Gasteiger partial charge in [0.25, 0.3) is 5.56 Å². The molecule has 0 aliphatic heterocycles.